The number of ether oxygens (including phenoxy) is 1. The van der Waals surface area contributed by atoms with Crippen molar-refractivity contribution in [3.8, 4) is 0 Å². The van der Waals surface area contributed by atoms with Crippen LogP contribution in [-0.4, -0.2) is 22.3 Å². The summed E-state index contributed by atoms with van der Waals surface area (Å²) in [5, 5.41) is 4.17. The minimum atomic E-state index is -0.128. The number of nitrogens with zero attached hydrogens (tertiary/aromatic N) is 2. The van der Waals surface area contributed by atoms with Gasteiger partial charge in [-0.2, -0.15) is 0 Å². The van der Waals surface area contributed by atoms with Crippen LogP contribution in [0.2, 0.25) is 0 Å². The molecule has 0 spiro atoms. The fraction of sp³-hybridized carbons (Fsp3) is 0.818. The molecule has 2 N–H and O–H groups in total. The molecule has 0 radical (unpaired) electrons. The highest BCUT2D eigenvalue weighted by Crippen LogP contribution is 2.29. The fourth-order valence-electron chi connectivity index (χ4n) is 1.33. The lowest BCUT2D eigenvalue weighted by Crippen LogP contribution is -2.23. The summed E-state index contributed by atoms with van der Waals surface area (Å²) in [5.74, 6) is 0. The Balaban J connectivity index is 2.76. The van der Waals surface area contributed by atoms with Crippen LogP contribution in [0.15, 0.2) is 0 Å². The van der Waals surface area contributed by atoms with Gasteiger partial charge in [0.2, 0.25) is 0 Å². The quantitative estimate of drug-likeness (QED) is 0.881. The number of nitrogens with two attached hydrogens (primary N) is 1. The molecule has 1 aromatic rings. The molecule has 0 fully saturated rings. The SMILES string of the molecule is CC(C)OCC(N)c1snnc1C(C)(C)C. The topological polar surface area (TPSA) is 61.0 Å². The van der Waals surface area contributed by atoms with Crippen LogP contribution in [0.5, 0.6) is 0 Å². The predicted molar refractivity (Wildman–Crippen MR) is 66.6 cm³/mol. The van der Waals surface area contributed by atoms with Crippen molar-refractivity contribution in [2.75, 3.05) is 6.61 Å². The summed E-state index contributed by atoms with van der Waals surface area (Å²) in [6.07, 6.45) is 0.199. The molecule has 5 heteroatoms. The monoisotopic (exact) mass is 243 g/mol. The fourth-order valence-corrected chi connectivity index (χ4v) is 2.18. The molecule has 0 amide bonds. The predicted octanol–water partition coefficient (Wildman–Crippen LogP) is 2.26. The van der Waals surface area contributed by atoms with Gasteiger partial charge < -0.3 is 10.5 Å². The van der Waals surface area contributed by atoms with E-state index in [2.05, 4.69) is 30.4 Å². The van der Waals surface area contributed by atoms with E-state index in [4.69, 9.17) is 10.5 Å². The Morgan fingerprint density at radius 3 is 2.50 bits per heavy atom. The van der Waals surface area contributed by atoms with Crippen LogP contribution in [0.25, 0.3) is 0 Å². The number of hydrogen-bond donors (Lipinski definition) is 1. The van der Waals surface area contributed by atoms with Gasteiger partial charge in [-0.15, -0.1) is 5.10 Å². The van der Waals surface area contributed by atoms with Crippen LogP contribution in [0.1, 0.15) is 51.2 Å². The number of hydrogen-bond acceptors (Lipinski definition) is 5. The van der Waals surface area contributed by atoms with Crippen LogP contribution >= 0.6 is 11.5 Å². The van der Waals surface area contributed by atoms with Crippen molar-refractivity contribution in [3.05, 3.63) is 10.6 Å². The van der Waals surface area contributed by atoms with Crippen molar-refractivity contribution in [1.29, 1.82) is 0 Å². The average Bonchev–Trinajstić information content (AvgIpc) is 2.61. The summed E-state index contributed by atoms with van der Waals surface area (Å²) in [5.41, 5.74) is 7.06. The van der Waals surface area contributed by atoms with Crippen molar-refractivity contribution in [2.45, 2.75) is 52.2 Å². The first kappa shape index (κ1) is 13.5. The highest BCUT2D eigenvalue weighted by Gasteiger charge is 2.25. The summed E-state index contributed by atoms with van der Waals surface area (Å²) in [6, 6.07) is -0.128. The van der Waals surface area contributed by atoms with Gasteiger partial charge in [-0.3, -0.25) is 0 Å². The lowest BCUT2D eigenvalue weighted by Gasteiger charge is -2.20. The smallest absolute Gasteiger partial charge is 0.0857 e. The maximum atomic E-state index is 6.09. The normalized spacial score (nSPS) is 14.4. The molecule has 4 nitrogen and oxygen atoms in total. The first-order valence-electron chi connectivity index (χ1n) is 5.52. The van der Waals surface area contributed by atoms with Gasteiger partial charge >= 0.3 is 0 Å². The molecule has 16 heavy (non-hydrogen) atoms. The van der Waals surface area contributed by atoms with E-state index in [9.17, 15) is 0 Å². The molecule has 1 unspecified atom stereocenters. The van der Waals surface area contributed by atoms with E-state index in [1.165, 1.54) is 11.5 Å². The molecule has 1 rings (SSSR count). The second-order valence-electron chi connectivity index (χ2n) is 5.22. The van der Waals surface area contributed by atoms with Gasteiger partial charge in [0.25, 0.3) is 0 Å². The van der Waals surface area contributed by atoms with Crippen LogP contribution in [0, 0.1) is 0 Å². The standard InChI is InChI=1S/C11H21N3OS/c1-7(2)15-6-8(12)9-10(11(3,4)5)13-14-16-9/h7-8H,6,12H2,1-5H3. The molecule has 0 aliphatic heterocycles. The van der Waals surface area contributed by atoms with Gasteiger partial charge in [0.15, 0.2) is 0 Å². The Morgan fingerprint density at radius 2 is 2.00 bits per heavy atom. The van der Waals surface area contributed by atoms with Crippen molar-refractivity contribution < 1.29 is 4.74 Å². The van der Waals surface area contributed by atoms with E-state index in [1.54, 1.807) is 0 Å². The highest BCUT2D eigenvalue weighted by atomic mass is 32.1. The number of aromatic nitrogens is 2. The second kappa shape index (κ2) is 5.21. The van der Waals surface area contributed by atoms with Crippen molar-refractivity contribution >= 4 is 11.5 Å². The highest BCUT2D eigenvalue weighted by molar-refractivity contribution is 7.05. The molecule has 1 atom stereocenters. The first-order chi connectivity index (χ1) is 7.32. The Bertz CT molecular complexity index is 330. The molecule has 0 aromatic carbocycles. The Morgan fingerprint density at radius 1 is 1.38 bits per heavy atom. The van der Waals surface area contributed by atoms with Crippen LogP contribution in [0.4, 0.5) is 0 Å². The Hall–Kier alpha value is -0.520. The van der Waals surface area contributed by atoms with E-state index in [0.717, 1.165) is 10.6 Å². The van der Waals surface area contributed by atoms with Gasteiger partial charge in [0.05, 0.1) is 29.3 Å². The van der Waals surface area contributed by atoms with Crippen LogP contribution < -0.4 is 5.73 Å². The molecule has 0 bridgehead atoms. The Labute approximate surface area is 101 Å². The van der Waals surface area contributed by atoms with Gasteiger partial charge in [0.1, 0.15) is 0 Å². The third kappa shape index (κ3) is 3.50. The molecule has 0 saturated carbocycles. The average molecular weight is 243 g/mol. The maximum Gasteiger partial charge on any atom is 0.0857 e. The molecule has 92 valence electrons. The lowest BCUT2D eigenvalue weighted by molar-refractivity contribution is 0.0685. The molecule has 1 heterocycles. The van der Waals surface area contributed by atoms with Gasteiger partial charge in [-0.05, 0) is 25.4 Å². The van der Waals surface area contributed by atoms with E-state index in [1.807, 2.05) is 13.8 Å². The minimum Gasteiger partial charge on any atom is -0.377 e. The van der Waals surface area contributed by atoms with Crippen molar-refractivity contribution in [3.63, 3.8) is 0 Å². The molecule has 1 aromatic heterocycles. The zero-order valence-electron chi connectivity index (χ0n) is 10.7. The van der Waals surface area contributed by atoms with Crippen LogP contribution in [0.3, 0.4) is 0 Å². The van der Waals surface area contributed by atoms with Gasteiger partial charge in [-0.1, -0.05) is 25.3 Å². The van der Waals surface area contributed by atoms with E-state index in [0.29, 0.717) is 6.61 Å². The first-order valence-corrected chi connectivity index (χ1v) is 6.29. The summed E-state index contributed by atoms with van der Waals surface area (Å²) < 4.78 is 9.51. The minimum absolute atomic E-state index is 0.0161. The summed E-state index contributed by atoms with van der Waals surface area (Å²) in [4.78, 5) is 1.04. The molecule has 0 aliphatic rings. The Kier molecular flexibility index (Phi) is 4.41. The summed E-state index contributed by atoms with van der Waals surface area (Å²) >= 11 is 1.37. The zero-order chi connectivity index (χ0) is 12.3. The zero-order valence-corrected chi connectivity index (χ0v) is 11.5. The summed E-state index contributed by atoms with van der Waals surface area (Å²) in [6.45, 7) is 10.9. The molecular weight excluding hydrogens is 222 g/mol. The molecular formula is C11H21N3OS. The van der Waals surface area contributed by atoms with E-state index >= 15 is 0 Å². The van der Waals surface area contributed by atoms with E-state index < -0.39 is 0 Å². The lowest BCUT2D eigenvalue weighted by atomic mass is 9.90. The number of rotatable bonds is 4. The molecule has 0 saturated heterocycles. The maximum absolute atomic E-state index is 6.09. The van der Waals surface area contributed by atoms with Gasteiger partial charge in [0, 0.05) is 5.41 Å². The van der Waals surface area contributed by atoms with Gasteiger partial charge in [-0.25, -0.2) is 0 Å². The van der Waals surface area contributed by atoms with Crippen LogP contribution in [-0.2, 0) is 10.2 Å². The molecule has 0 aliphatic carbocycles. The van der Waals surface area contributed by atoms with Crippen molar-refractivity contribution in [2.24, 2.45) is 5.73 Å². The third-order valence-electron chi connectivity index (χ3n) is 2.17. The summed E-state index contributed by atoms with van der Waals surface area (Å²) in [7, 11) is 0. The largest absolute Gasteiger partial charge is 0.377 e. The second-order valence-corrected chi connectivity index (χ2v) is 6.01. The van der Waals surface area contributed by atoms with E-state index in [-0.39, 0.29) is 17.6 Å². The third-order valence-corrected chi connectivity index (χ3v) is 3.03. The van der Waals surface area contributed by atoms with Crippen molar-refractivity contribution in [1.82, 2.24) is 9.59 Å².